The van der Waals surface area contributed by atoms with Crippen LogP contribution in [0, 0.1) is 0 Å². The first kappa shape index (κ1) is 9.61. The van der Waals surface area contributed by atoms with Gasteiger partial charge in [-0.05, 0) is 23.1 Å². The molecule has 1 aliphatic carbocycles. The molecule has 1 aliphatic rings. The molecule has 0 amide bonds. The summed E-state index contributed by atoms with van der Waals surface area (Å²) in [6.07, 6.45) is 0.505. The molecule has 1 unspecified atom stereocenters. The molecule has 1 N–H and O–H groups in total. The van der Waals surface area contributed by atoms with E-state index in [-0.39, 0.29) is 6.10 Å². The third-order valence-electron chi connectivity index (χ3n) is 3.39. The Morgan fingerprint density at radius 3 is 2.19 bits per heavy atom. The van der Waals surface area contributed by atoms with E-state index in [0.717, 1.165) is 12.0 Å². The van der Waals surface area contributed by atoms with Gasteiger partial charge in [0.15, 0.2) is 0 Å². The van der Waals surface area contributed by atoms with Gasteiger partial charge < -0.3 is 5.11 Å². The van der Waals surface area contributed by atoms with Gasteiger partial charge in [0.25, 0.3) is 0 Å². The van der Waals surface area contributed by atoms with Crippen LogP contribution in [-0.2, 0) is 0 Å². The van der Waals surface area contributed by atoms with Crippen LogP contribution in [0.3, 0.4) is 0 Å². The number of aliphatic hydroxyl groups is 1. The third kappa shape index (κ3) is 1.44. The fraction of sp³-hybridized carbons (Fsp3) is 0.200. The number of benzene rings is 2. The third-order valence-corrected chi connectivity index (χ3v) is 3.39. The predicted octanol–water partition coefficient (Wildman–Crippen LogP) is 3.26. The molecule has 1 nitrogen and oxygen atoms in total. The van der Waals surface area contributed by atoms with Crippen molar-refractivity contribution in [1.82, 2.24) is 0 Å². The number of hydrogen-bond donors (Lipinski definition) is 1. The summed E-state index contributed by atoms with van der Waals surface area (Å²) in [6, 6.07) is 18.6. The van der Waals surface area contributed by atoms with Crippen LogP contribution < -0.4 is 0 Å². The maximum Gasteiger partial charge on any atom is 0.0802 e. The van der Waals surface area contributed by atoms with Crippen LogP contribution >= 0.6 is 0 Å². The van der Waals surface area contributed by atoms with E-state index in [1.807, 2.05) is 24.3 Å². The van der Waals surface area contributed by atoms with E-state index in [9.17, 15) is 5.11 Å². The maximum atomic E-state index is 10.0. The maximum absolute atomic E-state index is 10.0. The molecule has 2 atom stereocenters. The zero-order valence-corrected chi connectivity index (χ0v) is 9.01. The first-order valence-electron chi connectivity index (χ1n) is 5.68. The summed E-state index contributed by atoms with van der Waals surface area (Å²) in [5, 5.41) is 10.0. The highest BCUT2D eigenvalue weighted by Crippen LogP contribution is 2.43. The van der Waals surface area contributed by atoms with E-state index in [4.69, 9.17) is 0 Å². The van der Waals surface area contributed by atoms with Crippen LogP contribution in [0.5, 0.6) is 0 Å². The smallest absolute Gasteiger partial charge is 0.0802 e. The number of aliphatic hydroxyl groups excluding tert-OH is 1. The Morgan fingerprint density at radius 1 is 0.812 bits per heavy atom. The topological polar surface area (TPSA) is 20.2 Å². The Hall–Kier alpha value is -1.60. The van der Waals surface area contributed by atoms with Crippen molar-refractivity contribution in [3.05, 3.63) is 71.3 Å². The first-order chi connectivity index (χ1) is 7.86. The van der Waals surface area contributed by atoms with E-state index < -0.39 is 0 Å². The highest BCUT2D eigenvalue weighted by Gasteiger charge is 2.29. The van der Waals surface area contributed by atoms with Crippen LogP contribution in [-0.4, -0.2) is 5.11 Å². The van der Waals surface area contributed by atoms with Crippen molar-refractivity contribution < 1.29 is 5.11 Å². The standard InChI is InChI=1S/C15H14O/c16-15-10-14(11-6-2-1-3-7-11)12-8-4-5-9-13(12)15/h1-9,14-16H,10H2/t14?,15-/m1/s1. The summed E-state index contributed by atoms with van der Waals surface area (Å²) in [6.45, 7) is 0. The van der Waals surface area contributed by atoms with Crippen molar-refractivity contribution in [2.75, 3.05) is 0 Å². The van der Waals surface area contributed by atoms with Gasteiger partial charge in [-0.1, -0.05) is 54.6 Å². The molecule has 3 rings (SSSR count). The second kappa shape index (κ2) is 3.76. The molecule has 0 spiro atoms. The van der Waals surface area contributed by atoms with E-state index >= 15 is 0 Å². The molecule has 0 saturated carbocycles. The van der Waals surface area contributed by atoms with Gasteiger partial charge in [0, 0.05) is 5.92 Å². The summed E-state index contributed by atoms with van der Waals surface area (Å²) >= 11 is 0. The van der Waals surface area contributed by atoms with Gasteiger partial charge in [-0.2, -0.15) is 0 Å². The largest absolute Gasteiger partial charge is 0.388 e. The molecule has 0 fully saturated rings. The van der Waals surface area contributed by atoms with E-state index in [2.05, 4.69) is 30.3 Å². The molecule has 0 aliphatic heterocycles. The molecule has 0 saturated heterocycles. The van der Waals surface area contributed by atoms with Gasteiger partial charge in [-0.3, -0.25) is 0 Å². The SMILES string of the molecule is O[C@@H]1CC(c2ccccc2)c2ccccc21. The van der Waals surface area contributed by atoms with Crippen molar-refractivity contribution in [1.29, 1.82) is 0 Å². The van der Waals surface area contributed by atoms with Gasteiger partial charge in [-0.15, -0.1) is 0 Å². The zero-order valence-electron chi connectivity index (χ0n) is 9.01. The molecule has 2 aromatic carbocycles. The Morgan fingerprint density at radius 2 is 1.44 bits per heavy atom. The lowest BCUT2D eigenvalue weighted by Gasteiger charge is -2.11. The zero-order chi connectivity index (χ0) is 11.0. The average Bonchev–Trinajstić information content (AvgIpc) is 2.69. The van der Waals surface area contributed by atoms with Crippen molar-refractivity contribution in [2.24, 2.45) is 0 Å². The number of hydrogen-bond acceptors (Lipinski definition) is 1. The first-order valence-corrected chi connectivity index (χ1v) is 5.68. The van der Waals surface area contributed by atoms with E-state index in [1.54, 1.807) is 0 Å². The number of fused-ring (bicyclic) bond motifs is 1. The van der Waals surface area contributed by atoms with Crippen LogP contribution in [0.2, 0.25) is 0 Å². The molecule has 16 heavy (non-hydrogen) atoms. The van der Waals surface area contributed by atoms with E-state index in [0.29, 0.717) is 5.92 Å². The summed E-state index contributed by atoms with van der Waals surface area (Å²) in [5.74, 6) is 0.354. The molecule has 1 heteroatoms. The Bertz CT molecular complexity index is 490. The molecule has 0 bridgehead atoms. The summed E-state index contributed by atoms with van der Waals surface area (Å²) in [4.78, 5) is 0. The second-order valence-electron chi connectivity index (χ2n) is 4.34. The minimum Gasteiger partial charge on any atom is -0.388 e. The molecular formula is C15H14O. The Kier molecular flexibility index (Phi) is 2.26. The molecule has 0 radical (unpaired) electrons. The van der Waals surface area contributed by atoms with Gasteiger partial charge >= 0.3 is 0 Å². The van der Waals surface area contributed by atoms with Crippen molar-refractivity contribution >= 4 is 0 Å². The fourth-order valence-electron chi connectivity index (χ4n) is 2.61. The van der Waals surface area contributed by atoms with Crippen molar-refractivity contribution in [3.63, 3.8) is 0 Å². The van der Waals surface area contributed by atoms with Crippen LogP contribution in [0.1, 0.15) is 35.1 Å². The van der Waals surface area contributed by atoms with Crippen LogP contribution in [0.15, 0.2) is 54.6 Å². The monoisotopic (exact) mass is 210 g/mol. The fourth-order valence-corrected chi connectivity index (χ4v) is 2.61. The molecular weight excluding hydrogens is 196 g/mol. The highest BCUT2D eigenvalue weighted by atomic mass is 16.3. The predicted molar refractivity (Wildman–Crippen MR) is 64.3 cm³/mol. The van der Waals surface area contributed by atoms with Crippen LogP contribution in [0.4, 0.5) is 0 Å². The lowest BCUT2D eigenvalue weighted by molar-refractivity contribution is 0.176. The van der Waals surface area contributed by atoms with Crippen molar-refractivity contribution in [2.45, 2.75) is 18.4 Å². The van der Waals surface area contributed by atoms with Gasteiger partial charge in [0.05, 0.1) is 6.10 Å². The highest BCUT2D eigenvalue weighted by molar-refractivity contribution is 5.43. The Labute approximate surface area is 95.4 Å². The summed E-state index contributed by atoms with van der Waals surface area (Å²) in [5.41, 5.74) is 3.67. The Balaban J connectivity index is 2.07. The number of rotatable bonds is 1. The van der Waals surface area contributed by atoms with Crippen LogP contribution in [0.25, 0.3) is 0 Å². The lowest BCUT2D eigenvalue weighted by atomic mass is 9.93. The summed E-state index contributed by atoms with van der Waals surface area (Å²) in [7, 11) is 0. The summed E-state index contributed by atoms with van der Waals surface area (Å²) < 4.78 is 0. The normalized spacial score (nSPS) is 23.1. The molecule has 0 aromatic heterocycles. The van der Waals surface area contributed by atoms with Gasteiger partial charge in [-0.25, -0.2) is 0 Å². The van der Waals surface area contributed by atoms with Gasteiger partial charge in [0.2, 0.25) is 0 Å². The average molecular weight is 210 g/mol. The second-order valence-corrected chi connectivity index (χ2v) is 4.34. The lowest BCUT2D eigenvalue weighted by Crippen LogP contribution is -1.95. The van der Waals surface area contributed by atoms with Crippen molar-refractivity contribution in [3.8, 4) is 0 Å². The molecule has 2 aromatic rings. The van der Waals surface area contributed by atoms with E-state index in [1.165, 1.54) is 11.1 Å². The minimum atomic E-state index is -0.304. The molecule has 0 heterocycles. The molecule has 80 valence electrons. The minimum absolute atomic E-state index is 0.304. The quantitative estimate of drug-likeness (QED) is 0.766. The van der Waals surface area contributed by atoms with Gasteiger partial charge in [0.1, 0.15) is 0 Å².